The van der Waals surface area contributed by atoms with Gasteiger partial charge in [-0.05, 0) is 30.0 Å². The summed E-state index contributed by atoms with van der Waals surface area (Å²) in [6, 6.07) is 15.9. The molecule has 0 bridgehead atoms. The third kappa shape index (κ3) is 2.97. The predicted octanol–water partition coefficient (Wildman–Crippen LogP) is 2.59. The predicted molar refractivity (Wildman–Crippen MR) is 105 cm³/mol. The highest BCUT2D eigenvalue weighted by atomic mass is 32.2. The highest BCUT2D eigenvalue weighted by molar-refractivity contribution is 7.89. The molecule has 3 heterocycles. The number of rotatable bonds is 4. The summed E-state index contributed by atoms with van der Waals surface area (Å²) >= 11 is 1.05. The van der Waals surface area contributed by atoms with Crippen LogP contribution in [0, 0.1) is 5.92 Å². The number of benzene rings is 2. The van der Waals surface area contributed by atoms with Crippen LogP contribution in [0.25, 0.3) is 11.0 Å². The molecule has 0 amide bonds. The van der Waals surface area contributed by atoms with Gasteiger partial charge in [-0.25, -0.2) is 8.42 Å². The fraction of sp³-hybridized carbons (Fsp3) is 0.368. The van der Waals surface area contributed by atoms with Crippen molar-refractivity contribution in [1.82, 2.24) is 18.0 Å². The van der Waals surface area contributed by atoms with Crippen LogP contribution < -0.4 is 0 Å². The normalized spacial score (nSPS) is 23.9. The van der Waals surface area contributed by atoms with E-state index in [-0.39, 0.29) is 4.90 Å². The Morgan fingerprint density at radius 2 is 1.89 bits per heavy atom. The van der Waals surface area contributed by atoms with Crippen LogP contribution in [0.1, 0.15) is 12.0 Å². The lowest BCUT2D eigenvalue weighted by Crippen LogP contribution is -2.64. The number of aromatic nitrogens is 2. The molecule has 2 atom stereocenters. The molecule has 8 heteroatoms. The maximum atomic E-state index is 13.3. The number of hydrogen-bond donors (Lipinski definition) is 0. The van der Waals surface area contributed by atoms with E-state index >= 15 is 0 Å². The van der Waals surface area contributed by atoms with Gasteiger partial charge in [0.15, 0.2) is 0 Å². The third-order valence-corrected chi connectivity index (χ3v) is 8.16. The van der Waals surface area contributed by atoms with Gasteiger partial charge in [0.05, 0.1) is 11.7 Å². The molecule has 0 spiro atoms. The van der Waals surface area contributed by atoms with Crippen LogP contribution in [0.4, 0.5) is 0 Å². The van der Waals surface area contributed by atoms with E-state index in [1.807, 2.05) is 18.2 Å². The van der Waals surface area contributed by atoms with E-state index in [0.29, 0.717) is 36.1 Å². The van der Waals surface area contributed by atoms with E-state index < -0.39 is 10.0 Å². The van der Waals surface area contributed by atoms with Gasteiger partial charge in [0, 0.05) is 32.2 Å². The van der Waals surface area contributed by atoms with Gasteiger partial charge in [0.2, 0.25) is 10.0 Å². The Hall–Kier alpha value is -1.87. The summed E-state index contributed by atoms with van der Waals surface area (Å²) in [5, 5.41) is 0. The molecule has 6 nitrogen and oxygen atoms in total. The summed E-state index contributed by atoms with van der Waals surface area (Å²) < 4.78 is 36.6. The summed E-state index contributed by atoms with van der Waals surface area (Å²) in [6.45, 7) is 3.06. The largest absolute Gasteiger partial charge is 0.294 e. The zero-order chi connectivity index (χ0) is 18.4. The van der Waals surface area contributed by atoms with E-state index in [1.54, 1.807) is 22.5 Å². The zero-order valence-electron chi connectivity index (χ0n) is 14.7. The van der Waals surface area contributed by atoms with Crippen molar-refractivity contribution in [3.8, 4) is 0 Å². The van der Waals surface area contributed by atoms with Crippen molar-refractivity contribution in [2.45, 2.75) is 23.9 Å². The average Bonchev–Trinajstić information content (AvgIpc) is 3.15. The Kier molecular flexibility index (Phi) is 4.23. The number of hydrogen-bond acceptors (Lipinski definition) is 6. The number of piperidine rings is 1. The van der Waals surface area contributed by atoms with Crippen molar-refractivity contribution in [2.24, 2.45) is 5.92 Å². The van der Waals surface area contributed by atoms with Crippen LogP contribution in [-0.4, -0.2) is 52.0 Å². The van der Waals surface area contributed by atoms with Gasteiger partial charge in [-0.15, -0.1) is 0 Å². The van der Waals surface area contributed by atoms with E-state index in [4.69, 9.17) is 0 Å². The summed E-state index contributed by atoms with van der Waals surface area (Å²) in [4.78, 5) is 2.67. The highest BCUT2D eigenvalue weighted by Crippen LogP contribution is 2.36. The van der Waals surface area contributed by atoms with Crippen molar-refractivity contribution < 1.29 is 8.42 Å². The topological polar surface area (TPSA) is 66.4 Å². The molecule has 2 fully saturated rings. The molecule has 3 aromatic rings. The molecule has 2 aliphatic heterocycles. The maximum absolute atomic E-state index is 13.3. The zero-order valence-corrected chi connectivity index (χ0v) is 16.4. The lowest BCUT2D eigenvalue weighted by atomic mass is 9.83. The maximum Gasteiger partial charge on any atom is 0.245 e. The van der Waals surface area contributed by atoms with Gasteiger partial charge in [-0.1, -0.05) is 36.4 Å². The van der Waals surface area contributed by atoms with E-state index in [9.17, 15) is 8.42 Å². The van der Waals surface area contributed by atoms with Gasteiger partial charge < -0.3 is 0 Å². The lowest BCUT2D eigenvalue weighted by molar-refractivity contribution is -0.0308. The van der Waals surface area contributed by atoms with Crippen molar-refractivity contribution in [1.29, 1.82) is 0 Å². The second kappa shape index (κ2) is 6.63. The van der Waals surface area contributed by atoms with Crippen LogP contribution in [0.5, 0.6) is 0 Å². The molecule has 0 radical (unpaired) electrons. The van der Waals surface area contributed by atoms with Crippen LogP contribution in [0.2, 0.25) is 0 Å². The summed E-state index contributed by atoms with van der Waals surface area (Å²) in [6.07, 6.45) is 0.917. The quantitative estimate of drug-likeness (QED) is 0.673. The second-order valence-electron chi connectivity index (χ2n) is 7.28. The molecule has 0 saturated carbocycles. The van der Waals surface area contributed by atoms with Crippen LogP contribution in [-0.2, 0) is 16.6 Å². The number of fused-ring (bicyclic) bond motifs is 2. The standard InChI is InChI=1S/C19H20N4O2S2/c24-27(25,18-8-4-7-16-19(18)21-26-20-16)23-10-9-15-12-22(17(15)13-23)11-14-5-2-1-3-6-14/h1-8,15,17H,9-13H2/t15-,17-/m1/s1. The minimum absolute atomic E-state index is 0.279. The average molecular weight is 401 g/mol. The molecule has 2 saturated heterocycles. The van der Waals surface area contributed by atoms with Gasteiger partial charge in [-0.3, -0.25) is 4.90 Å². The second-order valence-corrected chi connectivity index (χ2v) is 9.72. The minimum Gasteiger partial charge on any atom is -0.294 e. The van der Waals surface area contributed by atoms with E-state index in [1.165, 1.54) is 5.56 Å². The van der Waals surface area contributed by atoms with E-state index in [2.05, 4.69) is 25.8 Å². The van der Waals surface area contributed by atoms with Gasteiger partial charge in [-0.2, -0.15) is 13.1 Å². The summed E-state index contributed by atoms with van der Waals surface area (Å²) in [5.41, 5.74) is 2.40. The molecule has 5 rings (SSSR count). The Bertz CT molecular complexity index is 1070. The molecule has 1 aromatic heterocycles. The Morgan fingerprint density at radius 1 is 1.04 bits per heavy atom. The highest BCUT2D eigenvalue weighted by Gasteiger charge is 2.45. The number of likely N-dealkylation sites (tertiary alicyclic amines) is 1. The molecular weight excluding hydrogens is 380 g/mol. The Morgan fingerprint density at radius 3 is 2.74 bits per heavy atom. The van der Waals surface area contributed by atoms with Gasteiger partial charge in [0.25, 0.3) is 0 Å². The number of sulfonamides is 1. The fourth-order valence-electron chi connectivity index (χ4n) is 4.22. The van der Waals surface area contributed by atoms with Crippen molar-refractivity contribution in [3.63, 3.8) is 0 Å². The minimum atomic E-state index is -3.57. The smallest absolute Gasteiger partial charge is 0.245 e. The van der Waals surface area contributed by atoms with Crippen LogP contribution >= 0.6 is 11.7 Å². The fourth-order valence-corrected chi connectivity index (χ4v) is 6.45. The first-order valence-corrected chi connectivity index (χ1v) is 11.3. The summed E-state index contributed by atoms with van der Waals surface area (Å²) in [7, 11) is -3.57. The van der Waals surface area contributed by atoms with Crippen LogP contribution in [0.3, 0.4) is 0 Å². The van der Waals surface area contributed by atoms with Gasteiger partial charge in [0.1, 0.15) is 15.9 Å². The molecular formula is C19H20N4O2S2. The Balaban J connectivity index is 1.38. The molecule has 27 heavy (non-hydrogen) atoms. The third-order valence-electron chi connectivity index (χ3n) is 5.72. The molecule has 0 aliphatic carbocycles. The Labute approximate surface area is 162 Å². The van der Waals surface area contributed by atoms with Crippen molar-refractivity contribution >= 4 is 32.8 Å². The monoisotopic (exact) mass is 400 g/mol. The molecule has 0 N–H and O–H groups in total. The SMILES string of the molecule is O=S(=O)(c1cccc2nsnc12)N1CC[C@@H]2CN(Cc3ccccc3)[C@@H]2C1. The molecule has 0 unspecified atom stereocenters. The first kappa shape index (κ1) is 17.2. The van der Waals surface area contributed by atoms with Crippen molar-refractivity contribution in [2.75, 3.05) is 19.6 Å². The van der Waals surface area contributed by atoms with Crippen molar-refractivity contribution in [3.05, 3.63) is 54.1 Å². The summed E-state index contributed by atoms with van der Waals surface area (Å²) in [5.74, 6) is 0.594. The van der Waals surface area contributed by atoms with Gasteiger partial charge >= 0.3 is 0 Å². The van der Waals surface area contributed by atoms with Crippen LogP contribution in [0.15, 0.2) is 53.4 Å². The molecule has 2 aliphatic rings. The molecule has 2 aromatic carbocycles. The number of nitrogens with zero attached hydrogens (tertiary/aromatic N) is 4. The molecule has 140 valence electrons. The van der Waals surface area contributed by atoms with E-state index in [0.717, 1.165) is 31.2 Å². The lowest BCUT2D eigenvalue weighted by Gasteiger charge is -2.53. The first-order chi connectivity index (χ1) is 13.1. The first-order valence-electron chi connectivity index (χ1n) is 9.12.